The predicted octanol–water partition coefficient (Wildman–Crippen LogP) is 2.06. The normalized spacial score (nSPS) is 10.4. The summed E-state index contributed by atoms with van der Waals surface area (Å²) in [6.07, 6.45) is 0. The molecule has 0 spiro atoms. The number of aryl methyl sites for hydroxylation is 1. The molecule has 0 saturated carbocycles. The number of thiazole rings is 1. The summed E-state index contributed by atoms with van der Waals surface area (Å²) in [5.74, 6) is 5.49. The van der Waals surface area contributed by atoms with Crippen LogP contribution in [0, 0.1) is 6.92 Å². The Morgan fingerprint density at radius 2 is 2.30 bits per heavy atom. The fraction of sp³-hybridized carbons (Fsp3) is 0.250. The van der Waals surface area contributed by atoms with Gasteiger partial charge in [-0.3, -0.25) is 4.79 Å². The molecule has 0 unspecified atom stereocenters. The zero-order chi connectivity index (χ0) is 14.7. The monoisotopic (exact) mass is 311 g/mol. The van der Waals surface area contributed by atoms with E-state index in [-0.39, 0.29) is 11.1 Å². The number of halogens is 1. The molecule has 2 rings (SSSR count). The predicted molar refractivity (Wildman–Crippen MR) is 79.7 cm³/mol. The van der Waals surface area contributed by atoms with Gasteiger partial charge in [0, 0.05) is 17.5 Å². The molecule has 0 radical (unpaired) electrons. The first-order chi connectivity index (χ1) is 9.51. The van der Waals surface area contributed by atoms with Gasteiger partial charge in [-0.25, -0.2) is 15.8 Å². The van der Waals surface area contributed by atoms with E-state index in [0.717, 1.165) is 10.6 Å². The van der Waals surface area contributed by atoms with Gasteiger partial charge in [-0.1, -0.05) is 11.6 Å². The molecule has 0 aliphatic heterocycles. The van der Waals surface area contributed by atoms with E-state index in [1.54, 1.807) is 23.5 Å². The van der Waals surface area contributed by atoms with Crippen molar-refractivity contribution < 1.29 is 4.79 Å². The van der Waals surface area contributed by atoms with Crippen LogP contribution in [0.4, 0.5) is 5.82 Å². The van der Waals surface area contributed by atoms with E-state index in [1.165, 1.54) is 17.4 Å². The number of carbonyl (C=O) groups is 1. The maximum atomic E-state index is 12.4. The number of nitrogens with one attached hydrogen (secondary N) is 1. The SMILES string of the molecule is Cc1ncsc1CN(C)C(=O)c1cc(Cl)nc(NN)c1. The first-order valence-corrected chi connectivity index (χ1v) is 7.05. The zero-order valence-electron chi connectivity index (χ0n) is 11.1. The second kappa shape index (κ2) is 6.17. The van der Waals surface area contributed by atoms with Gasteiger partial charge >= 0.3 is 0 Å². The van der Waals surface area contributed by atoms with Crippen LogP contribution in [0.15, 0.2) is 17.6 Å². The minimum absolute atomic E-state index is 0.154. The van der Waals surface area contributed by atoms with Gasteiger partial charge in [-0.2, -0.15) is 0 Å². The molecule has 0 bridgehead atoms. The number of anilines is 1. The smallest absolute Gasteiger partial charge is 0.254 e. The fourth-order valence-electron chi connectivity index (χ4n) is 1.68. The maximum Gasteiger partial charge on any atom is 0.254 e. The van der Waals surface area contributed by atoms with Gasteiger partial charge in [-0.15, -0.1) is 11.3 Å². The molecule has 2 aromatic rings. The second-order valence-electron chi connectivity index (χ2n) is 4.23. The van der Waals surface area contributed by atoms with Gasteiger partial charge < -0.3 is 10.3 Å². The zero-order valence-corrected chi connectivity index (χ0v) is 12.6. The lowest BCUT2D eigenvalue weighted by Crippen LogP contribution is -2.26. The molecule has 0 aliphatic rings. The van der Waals surface area contributed by atoms with Crippen LogP contribution in [0.25, 0.3) is 0 Å². The molecular weight excluding hydrogens is 298 g/mol. The highest BCUT2D eigenvalue weighted by Crippen LogP contribution is 2.18. The molecule has 0 aromatic carbocycles. The van der Waals surface area contributed by atoms with Gasteiger partial charge in [-0.05, 0) is 19.1 Å². The van der Waals surface area contributed by atoms with E-state index in [9.17, 15) is 4.79 Å². The van der Waals surface area contributed by atoms with Gasteiger partial charge in [0.25, 0.3) is 5.91 Å². The van der Waals surface area contributed by atoms with Crippen molar-refractivity contribution in [2.45, 2.75) is 13.5 Å². The van der Waals surface area contributed by atoms with Gasteiger partial charge in [0.05, 0.1) is 17.7 Å². The fourth-order valence-corrected chi connectivity index (χ4v) is 2.72. The Labute approximate surface area is 125 Å². The summed E-state index contributed by atoms with van der Waals surface area (Å²) >= 11 is 7.39. The summed E-state index contributed by atoms with van der Waals surface area (Å²) in [4.78, 5) is 23.1. The third-order valence-electron chi connectivity index (χ3n) is 2.76. The lowest BCUT2D eigenvalue weighted by molar-refractivity contribution is 0.0786. The molecular formula is C12H14ClN5OS. The quantitative estimate of drug-likeness (QED) is 0.513. The lowest BCUT2D eigenvalue weighted by Gasteiger charge is -2.17. The standard InChI is InChI=1S/C12H14ClN5OS/c1-7-9(20-6-15-7)5-18(2)12(19)8-3-10(13)16-11(4-8)17-14/h3-4,6H,5,14H2,1-2H3,(H,16,17). The Balaban J connectivity index is 2.18. The number of amides is 1. The minimum atomic E-state index is -0.154. The number of nitrogens with two attached hydrogens (primary N) is 1. The first kappa shape index (κ1) is 14.7. The molecule has 8 heteroatoms. The molecule has 0 fully saturated rings. The molecule has 2 aromatic heterocycles. The van der Waals surface area contributed by atoms with E-state index in [1.807, 2.05) is 6.92 Å². The van der Waals surface area contributed by atoms with Crippen molar-refractivity contribution in [1.29, 1.82) is 0 Å². The van der Waals surface area contributed by atoms with Crippen molar-refractivity contribution in [2.75, 3.05) is 12.5 Å². The van der Waals surface area contributed by atoms with Gasteiger partial charge in [0.15, 0.2) is 0 Å². The second-order valence-corrected chi connectivity index (χ2v) is 5.56. The largest absolute Gasteiger partial charge is 0.336 e. The highest BCUT2D eigenvalue weighted by Gasteiger charge is 2.15. The molecule has 0 atom stereocenters. The summed E-state index contributed by atoms with van der Waals surface area (Å²) in [7, 11) is 1.73. The summed E-state index contributed by atoms with van der Waals surface area (Å²) in [6, 6.07) is 3.07. The van der Waals surface area contributed by atoms with Crippen molar-refractivity contribution in [3.8, 4) is 0 Å². The van der Waals surface area contributed by atoms with E-state index in [0.29, 0.717) is 17.9 Å². The third kappa shape index (κ3) is 3.24. The summed E-state index contributed by atoms with van der Waals surface area (Å²) in [5, 5.41) is 0.214. The van der Waals surface area contributed by atoms with E-state index in [4.69, 9.17) is 17.4 Å². The Morgan fingerprint density at radius 1 is 1.55 bits per heavy atom. The van der Waals surface area contributed by atoms with Crippen molar-refractivity contribution in [2.24, 2.45) is 5.84 Å². The van der Waals surface area contributed by atoms with E-state index >= 15 is 0 Å². The number of nitrogen functional groups attached to an aromatic ring is 1. The van der Waals surface area contributed by atoms with Crippen LogP contribution in [-0.2, 0) is 6.54 Å². The molecule has 0 aliphatic carbocycles. The van der Waals surface area contributed by atoms with Crippen molar-refractivity contribution in [3.63, 3.8) is 0 Å². The highest BCUT2D eigenvalue weighted by molar-refractivity contribution is 7.09. The summed E-state index contributed by atoms with van der Waals surface area (Å²) in [5.41, 5.74) is 5.52. The molecule has 2 heterocycles. The lowest BCUT2D eigenvalue weighted by atomic mass is 10.2. The minimum Gasteiger partial charge on any atom is -0.336 e. The molecule has 6 nitrogen and oxygen atoms in total. The topological polar surface area (TPSA) is 84.1 Å². The van der Waals surface area contributed by atoms with Crippen LogP contribution in [-0.4, -0.2) is 27.8 Å². The number of carbonyl (C=O) groups excluding carboxylic acids is 1. The third-order valence-corrected chi connectivity index (χ3v) is 3.87. The number of pyridine rings is 1. The number of hydrogen-bond donors (Lipinski definition) is 2. The Morgan fingerprint density at radius 3 is 2.90 bits per heavy atom. The summed E-state index contributed by atoms with van der Waals surface area (Å²) in [6.45, 7) is 2.42. The number of nitrogens with zero attached hydrogens (tertiary/aromatic N) is 3. The van der Waals surface area contributed by atoms with E-state index in [2.05, 4.69) is 15.4 Å². The maximum absolute atomic E-state index is 12.4. The van der Waals surface area contributed by atoms with E-state index < -0.39 is 0 Å². The molecule has 0 saturated heterocycles. The van der Waals surface area contributed by atoms with Crippen molar-refractivity contribution >= 4 is 34.7 Å². The molecule has 20 heavy (non-hydrogen) atoms. The average molecular weight is 312 g/mol. The molecule has 1 amide bonds. The van der Waals surface area contributed by atoms with Crippen molar-refractivity contribution in [3.05, 3.63) is 38.9 Å². The van der Waals surface area contributed by atoms with Gasteiger partial charge in [0.1, 0.15) is 11.0 Å². The number of aromatic nitrogens is 2. The van der Waals surface area contributed by atoms with Crippen LogP contribution < -0.4 is 11.3 Å². The number of rotatable bonds is 4. The van der Waals surface area contributed by atoms with Crippen LogP contribution in [0.2, 0.25) is 5.15 Å². The number of hydrazine groups is 1. The van der Waals surface area contributed by atoms with Crippen molar-refractivity contribution in [1.82, 2.24) is 14.9 Å². The Hall–Kier alpha value is -1.70. The average Bonchev–Trinajstić information content (AvgIpc) is 2.82. The Bertz CT molecular complexity index is 630. The molecule has 106 valence electrons. The van der Waals surface area contributed by atoms with Gasteiger partial charge in [0.2, 0.25) is 0 Å². The first-order valence-electron chi connectivity index (χ1n) is 5.80. The Kier molecular flexibility index (Phi) is 4.53. The van der Waals surface area contributed by atoms with Crippen LogP contribution in [0.3, 0.4) is 0 Å². The highest BCUT2D eigenvalue weighted by atomic mass is 35.5. The number of hydrogen-bond acceptors (Lipinski definition) is 6. The van der Waals surface area contributed by atoms with Crippen LogP contribution >= 0.6 is 22.9 Å². The van der Waals surface area contributed by atoms with Crippen LogP contribution in [0.5, 0.6) is 0 Å². The van der Waals surface area contributed by atoms with Crippen LogP contribution in [0.1, 0.15) is 20.9 Å². The summed E-state index contributed by atoms with van der Waals surface area (Å²) < 4.78 is 0. The molecule has 3 N–H and O–H groups in total.